The summed E-state index contributed by atoms with van der Waals surface area (Å²) in [4.78, 5) is 25.9. The van der Waals surface area contributed by atoms with Crippen LogP contribution in [0.2, 0.25) is 0 Å². The molecular formula is C49H89NO5. The van der Waals surface area contributed by atoms with Crippen molar-refractivity contribution < 1.29 is 24.5 Å². The molecular weight excluding hydrogens is 683 g/mol. The van der Waals surface area contributed by atoms with E-state index in [1.807, 2.05) is 6.08 Å². The number of ether oxygens (including phenoxy) is 1. The number of rotatable bonds is 41. The van der Waals surface area contributed by atoms with E-state index >= 15 is 0 Å². The van der Waals surface area contributed by atoms with Gasteiger partial charge in [-0.3, -0.25) is 9.59 Å². The number of carbonyl (C=O) groups excluding carboxylic acids is 2. The fraction of sp³-hybridized carbons (Fsp3) is 0.796. The number of esters is 1. The average Bonchev–Trinajstić information content (AvgIpc) is 3.18. The number of nitrogens with one attached hydrogen (secondary N) is 1. The molecule has 0 spiro atoms. The quantitative estimate of drug-likeness (QED) is 0.0327. The van der Waals surface area contributed by atoms with Gasteiger partial charge in [-0.2, -0.15) is 0 Å². The van der Waals surface area contributed by atoms with Crippen molar-refractivity contribution in [2.75, 3.05) is 6.61 Å². The molecule has 6 heteroatoms. The number of aliphatic hydroxyl groups is 2. The van der Waals surface area contributed by atoms with Crippen molar-refractivity contribution in [1.82, 2.24) is 5.32 Å². The molecule has 0 aliphatic heterocycles. The van der Waals surface area contributed by atoms with Crippen molar-refractivity contribution in [3.63, 3.8) is 0 Å². The molecule has 0 saturated carbocycles. The standard InChI is InChI=1S/C49H89NO5/c1-4-7-10-13-16-19-21-23-24-25-26-29-31-34-37-40-45(55-49(54)42-39-36-33-30-27-22-20-17-14-11-8-5-2)43-48(53)50-46(44-51)47(52)41-38-35-32-28-18-15-12-9-6-3/h16,19,23-24,26,29,34,37,45-47,51-52H,4-15,17-18,20-22,25,27-28,30-33,35-36,38-44H2,1-3H3,(H,50,53)/b19-16-,24-23-,29-26-,37-34-. The van der Waals surface area contributed by atoms with Gasteiger partial charge < -0.3 is 20.3 Å². The van der Waals surface area contributed by atoms with Gasteiger partial charge in [0.05, 0.1) is 25.2 Å². The highest BCUT2D eigenvalue weighted by atomic mass is 16.5. The second-order valence-corrected chi connectivity index (χ2v) is 15.8. The van der Waals surface area contributed by atoms with Gasteiger partial charge in [0, 0.05) is 12.8 Å². The summed E-state index contributed by atoms with van der Waals surface area (Å²) in [6.07, 6.45) is 50.4. The molecule has 3 unspecified atom stereocenters. The first-order chi connectivity index (χ1) is 27.0. The van der Waals surface area contributed by atoms with Crippen LogP contribution in [0.5, 0.6) is 0 Å². The Balaban J connectivity index is 4.75. The Hall–Kier alpha value is -2.18. The first-order valence-corrected chi connectivity index (χ1v) is 23.4. The fourth-order valence-corrected chi connectivity index (χ4v) is 6.82. The number of amides is 1. The van der Waals surface area contributed by atoms with Crippen LogP contribution in [0.25, 0.3) is 0 Å². The minimum Gasteiger partial charge on any atom is -0.461 e. The van der Waals surface area contributed by atoms with Gasteiger partial charge in [0.1, 0.15) is 6.10 Å². The van der Waals surface area contributed by atoms with E-state index in [0.717, 1.165) is 57.8 Å². The van der Waals surface area contributed by atoms with Crippen molar-refractivity contribution in [2.24, 2.45) is 0 Å². The maximum atomic E-state index is 13.1. The Bertz CT molecular complexity index is 957. The molecule has 0 bridgehead atoms. The molecule has 3 N–H and O–H groups in total. The Morgan fingerprint density at radius 2 is 0.964 bits per heavy atom. The van der Waals surface area contributed by atoms with Crippen LogP contribution in [0.1, 0.15) is 226 Å². The van der Waals surface area contributed by atoms with E-state index in [0.29, 0.717) is 19.3 Å². The van der Waals surface area contributed by atoms with Crippen LogP contribution in [-0.4, -0.2) is 46.9 Å². The van der Waals surface area contributed by atoms with Gasteiger partial charge in [0.25, 0.3) is 0 Å². The number of hydrogen-bond donors (Lipinski definition) is 3. The third-order valence-corrected chi connectivity index (χ3v) is 10.4. The van der Waals surface area contributed by atoms with Crippen LogP contribution < -0.4 is 5.32 Å². The summed E-state index contributed by atoms with van der Waals surface area (Å²) in [5.74, 6) is -0.575. The monoisotopic (exact) mass is 772 g/mol. The maximum Gasteiger partial charge on any atom is 0.306 e. The van der Waals surface area contributed by atoms with E-state index in [-0.39, 0.29) is 24.9 Å². The van der Waals surface area contributed by atoms with Crippen LogP contribution in [0.3, 0.4) is 0 Å². The van der Waals surface area contributed by atoms with Gasteiger partial charge in [-0.05, 0) is 44.9 Å². The van der Waals surface area contributed by atoms with Gasteiger partial charge in [-0.25, -0.2) is 0 Å². The summed E-state index contributed by atoms with van der Waals surface area (Å²) in [5, 5.41) is 23.5. The van der Waals surface area contributed by atoms with Crippen LogP contribution in [0, 0.1) is 0 Å². The molecule has 0 radical (unpaired) electrons. The predicted octanol–water partition coefficient (Wildman–Crippen LogP) is 13.5. The minimum atomic E-state index is -0.807. The van der Waals surface area contributed by atoms with E-state index < -0.39 is 18.2 Å². The number of carbonyl (C=O) groups is 2. The van der Waals surface area contributed by atoms with Gasteiger partial charge in [0.2, 0.25) is 5.91 Å². The summed E-state index contributed by atoms with van der Waals surface area (Å²) in [5.41, 5.74) is 0. The zero-order valence-electron chi connectivity index (χ0n) is 36.3. The lowest BCUT2D eigenvalue weighted by Gasteiger charge is -2.24. The third kappa shape index (κ3) is 38.5. The number of hydrogen-bond acceptors (Lipinski definition) is 5. The van der Waals surface area contributed by atoms with Crippen molar-refractivity contribution in [2.45, 2.75) is 244 Å². The van der Waals surface area contributed by atoms with Gasteiger partial charge in [-0.1, -0.05) is 211 Å². The van der Waals surface area contributed by atoms with Crippen LogP contribution in [0.4, 0.5) is 0 Å². The molecule has 0 saturated heterocycles. The smallest absolute Gasteiger partial charge is 0.306 e. The zero-order valence-corrected chi connectivity index (χ0v) is 36.3. The topological polar surface area (TPSA) is 95.9 Å². The van der Waals surface area contributed by atoms with Gasteiger partial charge in [-0.15, -0.1) is 0 Å². The highest BCUT2D eigenvalue weighted by Gasteiger charge is 2.23. The molecule has 0 aliphatic carbocycles. The van der Waals surface area contributed by atoms with E-state index in [1.54, 1.807) is 0 Å². The Morgan fingerprint density at radius 3 is 1.45 bits per heavy atom. The average molecular weight is 772 g/mol. The van der Waals surface area contributed by atoms with Gasteiger partial charge in [0.15, 0.2) is 0 Å². The first kappa shape index (κ1) is 52.8. The maximum absolute atomic E-state index is 13.1. The normalized spacial score (nSPS) is 13.8. The van der Waals surface area contributed by atoms with Gasteiger partial charge >= 0.3 is 5.97 Å². The lowest BCUT2D eigenvalue weighted by Crippen LogP contribution is -2.46. The highest BCUT2D eigenvalue weighted by Crippen LogP contribution is 2.16. The van der Waals surface area contributed by atoms with E-state index in [2.05, 4.69) is 68.6 Å². The first-order valence-electron chi connectivity index (χ1n) is 23.4. The molecule has 55 heavy (non-hydrogen) atoms. The summed E-state index contributed by atoms with van der Waals surface area (Å²) >= 11 is 0. The summed E-state index contributed by atoms with van der Waals surface area (Å²) in [7, 11) is 0. The predicted molar refractivity (Wildman–Crippen MR) is 236 cm³/mol. The minimum absolute atomic E-state index is 0.00343. The molecule has 3 atom stereocenters. The molecule has 320 valence electrons. The van der Waals surface area contributed by atoms with Crippen molar-refractivity contribution in [3.05, 3.63) is 48.6 Å². The molecule has 0 aliphatic rings. The van der Waals surface area contributed by atoms with E-state index in [1.165, 1.54) is 122 Å². The Kier molecular flexibility index (Phi) is 41.2. The summed E-state index contributed by atoms with van der Waals surface area (Å²) in [6, 6.07) is -0.726. The second kappa shape index (κ2) is 43.0. The summed E-state index contributed by atoms with van der Waals surface area (Å²) < 4.78 is 5.84. The molecule has 0 rings (SSSR count). The number of allylic oxidation sites excluding steroid dienone is 7. The highest BCUT2D eigenvalue weighted by molar-refractivity contribution is 5.77. The molecule has 0 aromatic heterocycles. The number of aliphatic hydroxyl groups excluding tert-OH is 2. The van der Waals surface area contributed by atoms with Crippen molar-refractivity contribution in [1.29, 1.82) is 0 Å². The van der Waals surface area contributed by atoms with Crippen molar-refractivity contribution >= 4 is 11.9 Å². The van der Waals surface area contributed by atoms with Crippen LogP contribution in [-0.2, 0) is 14.3 Å². The largest absolute Gasteiger partial charge is 0.461 e. The molecule has 0 aromatic rings. The zero-order chi connectivity index (χ0) is 40.3. The lowest BCUT2D eigenvalue weighted by molar-refractivity contribution is -0.150. The molecule has 1 amide bonds. The molecule has 6 nitrogen and oxygen atoms in total. The molecule has 0 aromatic carbocycles. The SMILES string of the molecule is CCCCC/C=C\C/C=C\C/C=C\C/C=C\CC(CC(=O)NC(CO)C(O)CCCCCCCCCCC)OC(=O)CCCCCCCCCCCCCC. The fourth-order valence-electron chi connectivity index (χ4n) is 6.82. The van der Waals surface area contributed by atoms with E-state index in [9.17, 15) is 19.8 Å². The Morgan fingerprint density at radius 1 is 0.545 bits per heavy atom. The Labute approximate surface area is 340 Å². The van der Waals surface area contributed by atoms with Crippen LogP contribution >= 0.6 is 0 Å². The molecule has 0 fully saturated rings. The van der Waals surface area contributed by atoms with Crippen molar-refractivity contribution in [3.8, 4) is 0 Å². The molecule has 0 heterocycles. The third-order valence-electron chi connectivity index (χ3n) is 10.4. The van der Waals surface area contributed by atoms with Crippen LogP contribution in [0.15, 0.2) is 48.6 Å². The van der Waals surface area contributed by atoms with E-state index in [4.69, 9.17) is 4.74 Å². The lowest BCUT2D eigenvalue weighted by atomic mass is 10.0. The second-order valence-electron chi connectivity index (χ2n) is 15.8. The number of unbranched alkanes of at least 4 members (excludes halogenated alkanes) is 22. The summed E-state index contributed by atoms with van der Waals surface area (Å²) in [6.45, 7) is 6.39.